The summed E-state index contributed by atoms with van der Waals surface area (Å²) in [7, 11) is 0. The number of hydrogen-bond donors (Lipinski definition) is 1. The van der Waals surface area contributed by atoms with Crippen LogP contribution in [-0.2, 0) is 4.79 Å². The lowest BCUT2D eigenvalue weighted by molar-refractivity contribution is -0.140. The van der Waals surface area contributed by atoms with Crippen LogP contribution in [0.1, 0.15) is 6.92 Å². The highest BCUT2D eigenvalue weighted by atomic mass is 32.2. The maximum absolute atomic E-state index is 11.4. The minimum absolute atomic E-state index is 0.145. The molecule has 14 heavy (non-hydrogen) atoms. The lowest BCUT2D eigenvalue weighted by Crippen LogP contribution is -2.50. The van der Waals surface area contributed by atoms with Gasteiger partial charge >= 0.3 is 0 Å². The fourth-order valence-electron chi connectivity index (χ4n) is 1.54. The first kappa shape index (κ1) is 11.8. The van der Waals surface area contributed by atoms with E-state index in [0.29, 0.717) is 0 Å². The van der Waals surface area contributed by atoms with Gasteiger partial charge in [-0.3, -0.25) is 9.69 Å². The minimum Gasteiger partial charge on any atom is -0.384 e. The van der Waals surface area contributed by atoms with Gasteiger partial charge in [0.25, 0.3) is 5.91 Å². The largest absolute Gasteiger partial charge is 0.384 e. The van der Waals surface area contributed by atoms with Crippen molar-refractivity contribution >= 4 is 17.7 Å². The van der Waals surface area contributed by atoms with Gasteiger partial charge in [-0.25, -0.2) is 0 Å². The normalized spacial score (nSPS) is 20.9. The van der Waals surface area contributed by atoms with Crippen LogP contribution in [0, 0.1) is 0 Å². The van der Waals surface area contributed by atoms with Crippen molar-refractivity contribution in [2.24, 2.45) is 0 Å². The molecule has 1 unspecified atom stereocenters. The standard InChI is InChI=1S/C9H18N2O2S/c1-8(12)9(13)11-5-3-10(4-6-11)7-14-2/h8,12H,3-7H2,1-2H3. The molecular formula is C9H18N2O2S. The molecule has 82 valence electrons. The molecule has 1 aliphatic rings. The van der Waals surface area contributed by atoms with Crippen LogP contribution >= 0.6 is 11.8 Å². The van der Waals surface area contributed by atoms with Crippen LogP contribution < -0.4 is 0 Å². The number of carbonyl (C=O) groups is 1. The summed E-state index contributed by atoms with van der Waals surface area (Å²) in [6.07, 6.45) is 1.22. The summed E-state index contributed by atoms with van der Waals surface area (Å²) in [5.41, 5.74) is 0. The second kappa shape index (κ2) is 5.58. The van der Waals surface area contributed by atoms with Gasteiger partial charge in [0.05, 0.1) is 0 Å². The fourth-order valence-corrected chi connectivity index (χ4v) is 2.17. The molecule has 0 spiro atoms. The summed E-state index contributed by atoms with van der Waals surface area (Å²) < 4.78 is 0. The average molecular weight is 218 g/mol. The maximum Gasteiger partial charge on any atom is 0.251 e. The second-order valence-electron chi connectivity index (χ2n) is 3.54. The highest BCUT2D eigenvalue weighted by Crippen LogP contribution is 2.06. The second-order valence-corrected chi connectivity index (χ2v) is 4.37. The third-order valence-corrected chi connectivity index (χ3v) is 2.98. The lowest BCUT2D eigenvalue weighted by Gasteiger charge is -2.34. The first-order valence-corrected chi connectivity index (χ1v) is 6.22. The Hall–Kier alpha value is -0.260. The molecule has 0 aromatic rings. The number of hydrogen-bond acceptors (Lipinski definition) is 4. The number of nitrogens with zero attached hydrogens (tertiary/aromatic N) is 2. The Bertz CT molecular complexity index is 191. The van der Waals surface area contributed by atoms with Crippen molar-refractivity contribution in [2.75, 3.05) is 38.3 Å². The molecule has 1 N–H and O–H groups in total. The van der Waals surface area contributed by atoms with E-state index in [-0.39, 0.29) is 5.91 Å². The number of carbonyl (C=O) groups excluding carboxylic acids is 1. The molecule has 5 heteroatoms. The smallest absolute Gasteiger partial charge is 0.251 e. The molecule has 0 radical (unpaired) electrons. The summed E-state index contributed by atoms with van der Waals surface area (Å²) in [5.74, 6) is 0.880. The first-order valence-electron chi connectivity index (χ1n) is 4.83. The molecule has 0 aromatic heterocycles. The van der Waals surface area contributed by atoms with E-state index in [2.05, 4.69) is 11.2 Å². The first-order chi connectivity index (χ1) is 6.65. The summed E-state index contributed by atoms with van der Waals surface area (Å²) in [6, 6.07) is 0. The Morgan fingerprint density at radius 3 is 2.43 bits per heavy atom. The third-order valence-electron chi connectivity index (χ3n) is 2.35. The molecule has 0 aliphatic carbocycles. The van der Waals surface area contributed by atoms with Crippen molar-refractivity contribution < 1.29 is 9.90 Å². The zero-order chi connectivity index (χ0) is 10.6. The van der Waals surface area contributed by atoms with Gasteiger partial charge in [0.1, 0.15) is 6.10 Å². The zero-order valence-electron chi connectivity index (χ0n) is 8.77. The lowest BCUT2D eigenvalue weighted by atomic mass is 10.3. The number of amides is 1. The molecule has 0 saturated carbocycles. The Labute approximate surface area is 89.3 Å². The predicted molar refractivity (Wildman–Crippen MR) is 58.2 cm³/mol. The van der Waals surface area contributed by atoms with Crippen LogP contribution in [0.2, 0.25) is 0 Å². The molecule has 1 rings (SSSR count). The van der Waals surface area contributed by atoms with Gasteiger partial charge in [0.2, 0.25) is 0 Å². The number of aliphatic hydroxyl groups is 1. The number of aliphatic hydroxyl groups excluding tert-OH is 1. The van der Waals surface area contributed by atoms with Crippen molar-refractivity contribution in [2.45, 2.75) is 13.0 Å². The minimum atomic E-state index is -0.859. The Kier molecular flexibility index (Phi) is 4.71. The number of piperazine rings is 1. The highest BCUT2D eigenvalue weighted by molar-refractivity contribution is 7.98. The number of rotatable bonds is 3. The summed E-state index contributed by atoms with van der Waals surface area (Å²) in [4.78, 5) is 15.5. The topological polar surface area (TPSA) is 43.8 Å². The Morgan fingerprint density at radius 1 is 1.43 bits per heavy atom. The zero-order valence-corrected chi connectivity index (χ0v) is 9.59. The molecule has 1 aliphatic heterocycles. The average Bonchev–Trinajstić information content (AvgIpc) is 2.18. The molecule has 1 fully saturated rings. The van der Waals surface area contributed by atoms with E-state index >= 15 is 0 Å². The van der Waals surface area contributed by atoms with E-state index in [9.17, 15) is 4.79 Å². The van der Waals surface area contributed by atoms with Crippen LogP contribution in [0.3, 0.4) is 0 Å². The van der Waals surface area contributed by atoms with E-state index in [1.165, 1.54) is 6.92 Å². The van der Waals surface area contributed by atoms with Crippen molar-refractivity contribution in [3.63, 3.8) is 0 Å². The van der Waals surface area contributed by atoms with Crippen LogP contribution in [0.15, 0.2) is 0 Å². The van der Waals surface area contributed by atoms with Gasteiger partial charge in [0, 0.05) is 32.1 Å². The van der Waals surface area contributed by atoms with E-state index in [1.54, 1.807) is 16.7 Å². The van der Waals surface area contributed by atoms with Crippen LogP contribution in [0.4, 0.5) is 0 Å². The van der Waals surface area contributed by atoms with Gasteiger partial charge in [-0.05, 0) is 13.2 Å². The van der Waals surface area contributed by atoms with Crippen molar-refractivity contribution in [3.05, 3.63) is 0 Å². The molecule has 1 heterocycles. The van der Waals surface area contributed by atoms with Crippen molar-refractivity contribution in [1.82, 2.24) is 9.80 Å². The predicted octanol–water partition coefficient (Wildman–Crippen LogP) is -0.168. The number of thioether (sulfide) groups is 1. The van der Waals surface area contributed by atoms with Crippen molar-refractivity contribution in [3.8, 4) is 0 Å². The van der Waals surface area contributed by atoms with Gasteiger partial charge < -0.3 is 10.0 Å². The third kappa shape index (κ3) is 3.15. The monoisotopic (exact) mass is 218 g/mol. The van der Waals surface area contributed by atoms with E-state index in [0.717, 1.165) is 32.1 Å². The quantitative estimate of drug-likeness (QED) is 0.714. The SMILES string of the molecule is CSCN1CCN(C(=O)C(C)O)CC1. The summed E-state index contributed by atoms with van der Waals surface area (Å²) in [5, 5.41) is 9.13. The highest BCUT2D eigenvalue weighted by Gasteiger charge is 2.22. The molecule has 1 amide bonds. The van der Waals surface area contributed by atoms with Gasteiger partial charge in [0.15, 0.2) is 0 Å². The van der Waals surface area contributed by atoms with E-state index in [1.807, 2.05) is 0 Å². The van der Waals surface area contributed by atoms with Crippen molar-refractivity contribution in [1.29, 1.82) is 0 Å². The molecular weight excluding hydrogens is 200 g/mol. The van der Waals surface area contributed by atoms with Gasteiger partial charge in [-0.15, -0.1) is 11.8 Å². The van der Waals surface area contributed by atoms with Crippen LogP contribution in [0.25, 0.3) is 0 Å². The molecule has 0 bridgehead atoms. The van der Waals surface area contributed by atoms with Gasteiger partial charge in [-0.2, -0.15) is 0 Å². The molecule has 0 aromatic carbocycles. The van der Waals surface area contributed by atoms with Gasteiger partial charge in [-0.1, -0.05) is 0 Å². The van der Waals surface area contributed by atoms with E-state index < -0.39 is 6.10 Å². The summed E-state index contributed by atoms with van der Waals surface area (Å²) in [6.45, 7) is 4.84. The molecule has 1 saturated heterocycles. The van der Waals surface area contributed by atoms with Crippen LogP contribution in [0.5, 0.6) is 0 Å². The van der Waals surface area contributed by atoms with Crippen LogP contribution in [-0.4, -0.2) is 65.2 Å². The maximum atomic E-state index is 11.4. The molecule has 1 atom stereocenters. The van der Waals surface area contributed by atoms with E-state index in [4.69, 9.17) is 5.11 Å². The fraction of sp³-hybridized carbons (Fsp3) is 0.889. The Morgan fingerprint density at radius 2 is 2.00 bits per heavy atom. The molecule has 4 nitrogen and oxygen atoms in total. The Balaban J connectivity index is 2.32. The summed E-state index contributed by atoms with van der Waals surface area (Å²) >= 11 is 1.80.